The quantitative estimate of drug-likeness (QED) is 0.423. The lowest BCUT2D eigenvalue weighted by Gasteiger charge is -2.20. The molecular weight excluding hydrogens is 380 g/mol. The van der Waals surface area contributed by atoms with Gasteiger partial charge in [0.25, 0.3) is 5.91 Å². The fourth-order valence-corrected chi connectivity index (χ4v) is 4.43. The number of aromatic nitrogens is 3. The van der Waals surface area contributed by atoms with Crippen LogP contribution in [0.1, 0.15) is 21.7 Å². The molecule has 3 heterocycles. The Balaban J connectivity index is 1.64. The Kier molecular flexibility index (Phi) is 4.33. The number of para-hydroxylation sites is 1. The molecular formula is C23H18N4OS. The fourth-order valence-electron chi connectivity index (χ4n) is 3.47. The average Bonchev–Trinajstić information content (AvgIpc) is 3.32. The number of aryl methyl sites for hydroxylation is 1. The molecule has 0 aliphatic heterocycles. The van der Waals surface area contributed by atoms with Crippen LogP contribution in [0.25, 0.3) is 15.9 Å². The van der Waals surface area contributed by atoms with Crippen molar-refractivity contribution in [2.24, 2.45) is 0 Å². The lowest BCUT2D eigenvalue weighted by atomic mass is 10.2. The van der Waals surface area contributed by atoms with Crippen LogP contribution in [0, 0.1) is 6.92 Å². The van der Waals surface area contributed by atoms with E-state index < -0.39 is 0 Å². The molecule has 0 spiro atoms. The molecule has 142 valence electrons. The number of anilines is 1. The van der Waals surface area contributed by atoms with Gasteiger partial charge >= 0.3 is 0 Å². The van der Waals surface area contributed by atoms with Gasteiger partial charge in [0.1, 0.15) is 11.3 Å². The van der Waals surface area contributed by atoms with Gasteiger partial charge in [-0.05, 0) is 36.8 Å². The highest BCUT2D eigenvalue weighted by atomic mass is 32.1. The number of pyridine rings is 1. The maximum atomic E-state index is 13.8. The summed E-state index contributed by atoms with van der Waals surface area (Å²) in [6, 6.07) is 23.7. The molecule has 0 atom stereocenters. The van der Waals surface area contributed by atoms with Gasteiger partial charge in [-0.2, -0.15) is 0 Å². The van der Waals surface area contributed by atoms with E-state index in [0.29, 0.717) is 23.1 Å². The molecule has 5 nitrogen and oxygen atoms in total. The first-order valence-electron chi connectivity index (χ1n) is 9.36. The third-order valence-corrected chi connectivity index (χ3v) is 5.91. The molecule has 0 aliphatic rings. The second-order valence-electron chi connectivity index (χ2n) is 6.82. The van der Waals surface area contributed by atoms with Gasteiger partial charge in [-0.25, -0.2) is 9.97 Å². The second kappa shape index (κ2) is 7.14. The van der Waals surface area contributed by atoms with Crippen molar-refractivity contribution in [2.45, 2.75) is 13.5 Å². The standard InChI is InChI=1S/C23H18N4OS/c1-16-21(26-14-8-7-13-20(26)24-16)22(28)27(15-17-9-3-2-4-10-17)23-25-18-11-5-6-12-19(18)29-23/h2-14H,15H2,1H3. The molecule has 6 heteroatoms. The Morgan fingerprint density at radius 2 is 1.72 bits per heavy atom. The molecule has 0 bridgehead atoms. The minimum atomic E-state index is -0.107. The summed E-state index contributed by atoms with van der Waals surface area (Å²) in [5.41, 5.74) is 3.98. The Morgan fingerprint density at radius 1 is 0.966 bits per heavy atom. The lowest BCUT2D eigenvalue weighted by molar-refractivity contribution is 0.0979. The van der Waals surface area contributed by atoms with Gasteiger partial charge in [-0.1, -0.05) is 59.9 Å². The number of benzene rings is 2. The number of hydrogen-bond donors (Lipinski definition) is 0. The SMILES string of the molecule is Cc1nc2ccccn2c1C(=O)N(Cc1ccccc1)c1nc2ccccc2s1. The van der Waals surface area contributed by atoms with Gasteiger partial charge in [-0.15, -0.1) is 0 Å². The molecule has 0 saturated heterocycles. The van der Waals surface area contributed by atoms with Crippen molar-refractivity contribution in [2.75, 3.05) is 4.90 Å². The van der Waals surface area contributed by atoms with Crippen molar-refractivity contribution in [1.29, 1.82) is 0 Å². The first-order chi connectivity index (χ1) is 14.2. The number of amides is 1. The molecule has 5 aromatic rings. The highest BCUT2D eigenvalue weighted by Gasteiger charge is 2.26. The number of fused-ring (bicyclic) bond motifs is 2. The number of thiazole rings is 1. The topological polar surface area (TPSA) is 50.5 Å². The number of hydrogen-bond acceptors (Lipinski definition) is 4. The molecule has 0 fully saturated rings. The molecule has 1 amide bonds. The zero-order valence-electron chi connectivity index (χ0n) is 15.8. The summed E-state index contributed by atoms with van der Waals surface area (Å²) in [6.45, 7) is 2.32. The van der Waals surface area contributed by atoms with E-state index in [1.54, 1.807) is 4.90 Å². The minimum absolute atomic E-state index is 0.107. The number of rotatable bonds is 4. The smallest absolute Gasteiger partial charge is 0.279 e. The third-order valence-electron chi connectivity index (χ3n) is 4.85. The molecule has 0 saturated carbocycles. The number of carbonyl (C=O) groups excluding carboxylic acids is 1. The van der Waals surface area contributed by atoms with Crippen molar-refractivity contribution < 1.29 is 4.79 Å². The van der Waals surface area contributed by atoms with E-state index >= 15 is 0 Å². The van der Waals surface area contributed by atoms with Crippen molar-refractivity contribution in [3.63, 3.8) is 0 Å². The van der Waals surface area contributed by atoms with Crippen LogP contribution in [-0.2, 0) is 6.54 Å². The summed E-state index contributed by atoms with van der Waals surface area (Å²) in [4.78, 5) is 24.8. The van der Waals surface area contributed by atoms with Crippen molar-refractivity contribution in [1.82, 2.24) is 14.4 Å². The molecule has 0 N–H and O–H groups in total. The maximum Gasteiger partial charge on any atom is 0.279 e. The zero-order valence-corrected chi connectivity index (χ0v) is 16.6. The van der Waals surface area contributed by atoms with E-state index in [1.165, 1.54) is 11.3 Å². The van der Waals surface area contributed by atoms with Crippen LogP contribution in [0.3, 0.4) is 0 Å². The van der Waals surface area contributed by atoms with Gasteiger partial charge in [0.05, 0.1) is 22.5 Å². The van der Waals surface area contributed by atoms with Crippen LogP contribution >= 0.6 is 11.3 Å². The van der Waals surface area contributed by atoms with Gasteiger partial charge < -0.3 is 0 Å². The highest BCUT2D eigenvalue weighted by Crippen LogP contribution is 2.31. The van der Waals surface area contributed by atoms with Crippen LogP contribution in [-0.4, -0.2) is 20.3 Å². The predicted molar refractivity (Wildman–Crippen MR) is 117 cm³/mol. The van der Waals surface area contributed by atoms with Crippen LogP contribution in [0.15, 0.2) is 79.0 Å². The number of carbonyl (C=O) groups is 1. The lowest BCUT2D eigenvalue weighted by Crippen LogP contribution is -2.31. The van der Waals surface area contributed by atoms with E-state index in [1.807, 2.05) is 90.3 Å². The zero-order chi connectivity index (χ0) is 19.8. The van der Waals surface area contributed by atoms with Crippen LogP contribution in [0.4, 0.5) is 5.13 Å². The van der Waals surface area contributed by atoms with E-state index in [0.717, 1.165) is 21.4 Å². The van der Waals surface area contributed by atoms with Crippen LogP contribution in [0.2, 0.25) is 0 Å². The van der Waals surface area contributed by atoms with E-state index in [2.05, 4.69) is 4.98 Å². The van der Waals surface area contributed by atoms with E-state index in [4.69, 9.17) is 4.98 Å². The molecule has 0 radical (unpaired) electrons. The monoisotopic (exact) mass is 398 g/mol. The summed E-state index contributed by atoms with van der Waals surface area (Å²) in [5, 5.41) is 0.685. The summed E-state index contributed by atoms with van der Waals surface area (Å²) in [5.74, 6) is -0.107. The van der Waals surface area contributed by atoms with Gasteiger partial charge in [-0.3, -0.25) is 14.1 Å². The maximum absolute atomic E-state index is 13.8. The fraction of sp³-hybridized carbons (Fsp3) is 0.0870. The third kappa shape index (κ3) is 3.17. The minimum Gasteiger partial charge on any atom is -0.295 e. The van der Waals surface area contributed by atoms with Gasteiger partial charge in [0.15, 0.2) is 5.13 Å². The Bertz CT molecular complexity index is 1290. The summed E-state index contributed by atoms with van der Waals surface area (Å²) in [6.07, 6.45) is 1.88. The van der Waals surface area contributed by atoms with Crippen molar-refractivity contribution in [3.05, 3.63) is 95.9 Å². The molecule has 2 aromatic carbocycles. The summed E-state index contributed by atoms with van der Waals surface area (Å²) < 4.78 is 2.91. The molecule has 5 rings (SSSR count). The first-order valence-corrected chi connectivity index (χ1v) is 10.2. The largest absolute Gasteiger partial charge is 0.295 e. The van der Waals surface area contributed by atoms with Crippen molar-refractivity contribution in [3.8, 4) is 0 Å². The number of nitrogens with zero attached hydrogens (tertiary/aromatic N) is 4. The molecule has 0 unspecified atom stereocenters. The predicted octanol–water partition coefficient (Wildman–Crippen LogP) is 5.10. The molecule has 29 heavy (non-hydrogen) atoms. The van der Waals surface area contributed by atoms with Crippen LogP contribution in [0.5, 0.6) is 0 Å². The molecule has 3 aromatic heterocycles. The number of imidazole rings is 1. The van der Waals surface area contributed by atoms with Crippen LogP contribution < -0.4 is 4.90 Å². The second-order valence-corrected chi connectivity index (χ2v) is 7.82. The Hall–Kier alpha value is -3.51. The summed E-state index contributed by atoms with van der Waals surface area (Å²) in [7, 11) is 0. The Morgan fingerprint density at radius 3 is 2.55 bits per heavy atom. The van der Waals surface area contributed by atoms with Gasteiger partial charge in [0.2, 0.25) is 0 Å². The summed E-state index contributed by atoms with van der Waals surface area (Å²) >= 11 is 1.53. The highest BCUT2D eigenvalue weighted by molar-refractivity contribution is 7.22. The molecule has 0 aliphatic carbocycles. The van der Waals surface area contributed by atoms with E-state index in [-0.39, 0.29) is 5.91 Å². The van der Waals surface area contributed by atoms with Gasteiger partial charge in [0, 0.05) is 6.20 Å². The average molecular weight is 398 g/mol. The Labute approximate surface area is 171 Å². The van der Waals surface area contributed by atoms with Crippen molar-refractivity contribution >= 4 is 38.2 Å². The first kappa shape index (κ1) is 17.6. The van der Waals surface area contributed by atoms with E-state index in [9.17, 15) is 4.79 Å². The normalized spacial score (nSPS) is 11.2.